The molecule has 4 rings (SSSR count). The third kappa shape index (κ3) is 4.72. The summed E-state index contributed by atoms with van der Waals surface area (Å²) in [5.41, 5.74) is -2.44. The lowest BCUT2D eigenvalue weighted by Gasteiger charge is -2.21. The number of benzene rings is 2. The summed E-state index contributed by atoms with van der Waals surface area (Å²) in [6.45, 7) is 3.46. The Bertz CT molecular complexity index is 1200. The zero-order valence-corrected chi connectivity index (χ0v) is 18.3. The highest BCUT2D eigenvalue weighted by Crippen LogP contribution is 2.34. The first kappa shape index (κ1) is 22.1. The fourth-order valence-electron chi connectivity index (χ4n) is 3.35. The Morgan fingerprint density at radius 3 is 2.34 bits per heavy atom. The van der Waals surface area contributed by atoms with Crippen LogP contribution in [0.5, 0.6) is 0 Å². The number of nitrogens with one attached hydrogen (secondary N) is 1. The summed E-state index contributed by atoms with van der Waals surface area (Å²) in [6.07, 6.45) is 0.462. The van der Waals surface area contributed by atoms with Gasteiger partial charge in [-0.05, 0) is 49.6 Å². The number of rotatable bonds is 7. The molecule has 3 aromatic rings. The fourth-order valence-corrected chi connectivity index (χ4v) is 5.07. The maximum Gasteiger partial charge on any atom is 0.481 e. The van der Waals surface area contributed by atoms with Gasteiger partial charge in [0.2, 0.25) is 0 Å². The van der Waals surface area contributed by atoms with Gasteiger partial charge in [0, 0.05) is 29.2 Å². The molecule has 1 saturated carbocycles. The standard InChI is InChI=1S/C23H23F3N4OS/c1-2-30(16-17-7-4-3-5-8-17)22-14-13-21(27-28-22)18-9-6-10-19(15-18)29-32(31,20-11-12-20)23(24,25)26/h3-10,13-15H,2,11-12,16H2,1H3,(H,29,31). The van der Waals surface area contributed by atoms with E-state index in [1.807, 2.05) is 43.3 Å². The molecule has 32 heavy (non-hydrogen) atoms. The molecule has 9 heteroatoms. The van der Waals surface area contributed by atoms with Gasteiger partial charge in [-0.25, -0.2) is 4.21 Å². The Hall–Kier alpha value is -3.07. The van der Waals surface area contributed by atoms with Crippen LogP contribution in [0.25, 0.3) is 11.3 Å². The van der Waals surface area contributed by atoms with Crippen LogP contribution in [0.4, 0.5) is 24.7 Å². The molecule has 1 unspecified atom stereocenters. The largest absolute Gasteiger partial charge is 0.481 e. The van der Waals surface area contributed by atoms with Crippen LogP contribution >= 0.6 is 0 Å². The van der Waals surface area contributed by atoms with Crippen molar-refractivity contribution < 1.29 is 17.4 Å². The molecule has 0 amide bonds. The first-order valence-corrected chi connectivity index (χ1v) is 11.8. The van der Waals surface area contributed by atoms with E-state index in [1.165, 1.54) is 12.1 Å². The lowest BCUT2D eigenvalue weighted by atomic mass is 10.1. The molecule has 0 saturated heterocycles. The molecule has 0 radical (unpaired) electrons. The molecule has 0 bridgehead atoms. The zero-order chi connectivity index (χ0) is 22.8. The Labute approximate surface area is 185 Å². The number of hydrogen-bond donors (Lipinski definition) is 1. The van der Waals surface area contributed by atoms with Crippen molar-refractivity contribution in [2.75, 3.05) is 16.2 Å². The third-order valence-electron chi connectivity index (χ3n) is 5.18. The van der Waals surface area contributed by atoms with E-state index in [9.17, 15) is 17.4 Å². The minimum Gasteiger partial charge on any atom is -0.351 e. The number of alkyl halides is 3. The van der Waals surface area contributed by atoms with Gasteiger partial charge in [0.25, 0.3) is 0 Å². The summed E-state index contributed by atoms with van der Waals surface area (Å²) in [7, 11) is -4.29. The van der Waals surface area contributed by atoms with E-state index in [1.54, 1.807) is 18.2 Å². The summed E-state index contributed by atoms with van der Waals surface area (Å²) in [5, 5.41) is 8.59. The lowest BCUT2D eigenvalue weighted by molar-refractivity contribution is -0.0387. The van der Waals surface area contributed by atoms with Crippen LogP contribution in [0.2, 0.25) is 0 Å². The molecule has 1 atom stereocenters. The van der Waals surface area contributed by atoms with Crippen LogP contribution in [0.1, 0.15) is 25.3 Å². The molecule has 2 aromatic carbocycles. The lowest BCUT2D eigenvalue weighted by Crippen LogP contribution is -2.32. The van der Waals surface area contributed by atoms with Crippen molar-refractivity contribution in [1.29, 1.82) is 0 Å². The number of hydrogen-bond acceptors (Lipinski definition) is 4. The van der Waals surface area contributed by atoms with Crippen molar-refractivity contribution in [2.45, 2.75) is 31.8 Å². The van der Waals surface area contributed by atoms with Gasteiger partial charge in [-0.2, -0.15) is 13.2 Å². The molecule has 1 aliphatic rings. The molecule has 1 N–H and O–H groups in total. The van der Waals surface area contributed by atoms with Gasteiger partial charge >= 0.3 is 5.51 Å². The number of halogens is 3. The van der Waals surface area contributed by atoms with Crippen molar-refractivity contribution in [2.24, 2.45) is 0 Å². The summed E-state index contributed by atoms with van der Waals surface area (Å²) in [4.78, 5) is 2.09. The van der Waals surface area contributed by atoms with E-state index in [0.29, 0.717) is 23.6 Å². The van der Waals surface area contributed by atoms with Gasteiger partial charge in [0.05, 0.1) is 5.69 Å². The highest BCUT2D eigenvalue weighted by Gasteiger charge is 2.46. The normalized spacial score (nSPS) is 15.2. The minimum atomic E-state index is -4.83. The predicted molar refractivity (Wildman–Crippen MR) is 123 cm³/mol. The SMILES string of the molecule is CCN(Cc1ccccc1)c1ccc(-c2cccc(NS(=O)(=C3CC3)C(F)(F)F)c2)nn1. The van der Waals surface area contributed by atoms with E-state index in [-0.39, 0.29) is 23.4 Å². The molecular formula is C23H23F3N4OS. The summed E-state index contributed by atoms with van der Waals surface area (Å²) in [5.74, 6) is 0.708. The third-order valence-corrected chi connectivity index (χ3v) is 7.58. The van der Waals surface area contributed by atoms with E-state index in [0.717, 1.165) is 12.1 Å². The Kier molecular flexibility index (Phi) is 6.10. The molecule has 5 nitrogen and oxygen atoms in total. The topological polar surface area (TPSA) is 58.1 Å². The van der Waals surface area contributed by atoms with Gasteiger partial charge < -0.3 is 9.62 Å². The molecule has 0 spiro atoms. The minimum absolute atomic E-state index is 0.0117. The molecule has 1 heterocycles. The average molecular weight is 461 g/mol. The van der Waals surface area contributed by atoms with Crippen LogP contribution in [0.15, 0.2) is 66.7 Å². The molecule has 1 fully saturated rings. The highest BCUT2D eigenvalue weighted by molar-refractivity contribution is 8.04. The van der Waals surface area contributed by atoms with Crippen molar-refractivity contribution >= 4 is 26.1 Å². The second-order valence-electron chi connectivity index (χ2n) is 7.50. The molecule has 1 aliphatic carbocycles. The quantitative estimate of drug-likeness (QED) is 0.488. The van der Waals surface area contributed by atoms with E-state index < -0.39 is 15.2 Å². The summed E-state index contributed by atoms with van der Waals surface area (Å²) >= 11 is 0. The number of nitrogens with zero attached hydrogens (tertiary/aromatic N) is 3. The van der Waals surface area contributed by atoms with Crippen LogP contribution in [0.3, 0.4) is 0 Å². The van der Waals surface area contributed by atoms with Gasteiger partial charge in [-0.3, -0.25) is 0 Å². The maximum absolute atomic E-state index is 13.4. The van der Waals surface area contributed by atoms with Crippen LogP contribution in [-0.4, -0.2) is 31.3 Å². The van der Waals surface area contributed by atoms with Crippen molar-refractivity contribution in [3.8, 4) is 11.3 Å². The number of anilines is 2. The van der Waals surface area contributed by atoms with Crippen LogP contribution < -0.4 is 9.62 Å². The summed E-state index contributed by atoms with van der Waals surface area (Å²) < 4.78 is 55.1. The second kappa shape index (κ2) is 8.82. The van der Waals surface area contributed by atoms with Crippen molar-refractivity contribution in [3.05, 3.63) is 72.3 Å². The van der Waals surface area contributed by atoms with Gasteiger partial charge in [0.1, 0.15) is 9.71 Å². The predicted octanol–water partition coefficient (Wildman–Crippen LogP) is 5.27. The van der Waals surface area contributed by atoms with E-state index in [4.69, 9.17) is 0 Å². The molecular weight excluding hydrogens is 437 g/mol. The van der Waals surface area contributed by atoms with Gasteiger partial charge in [0.15, 0.2) is 5.82 Å². The first-order valence-electron chi connectivity index (χ1n) is 10.3. The fraction of sp³-hybridized carbons (Fsp3) is 0.261. The zero-order valence-electron chi connectivity index (χ0n) is 17.5. The number of aromatic nitrogens is 2. The summed E-state index contributed by atoms with van der Waals surface area (Å²) in [6, 6.07) is 20.0. The smallest absolute Gasteiger partial charge is 0.351 e. The van der Waals surface area contributed by atoms with Crippen molar-refractivity contribution in [1.82, 2.24) is 10.2 Å². The first-order chi connectivity index (χ1) is 15.3. The van der Waals surface area contributed by atoms with Crippen LogP contribution in [-0.2, 0) is 16.3 Å². The molecule has 0 aliphatic heterocycles. The van der Waals surface area contributed by atoms with E-state index >= 15 is 0 Å². The Morgan fingerprint density at radius 2 is 1.75 bits per heavy atom. The Morgan fingerprint density at radius 1 is 1.00 bits per heavy atom. The maximum atomic E-state index is 13.4. The van der Waals surface area contributed by atoms with Gasteiger partial charge in [-0.15, -0.1) is 10.2 Å². The van der Waals surface area contributed by atoms with Crippen LogP contribution in [0, 0.1) is 0 Å². The monoisotopic (exact) mass is 460 g/mol. The average Bonchev–Trinajstić information content (AvgIpc) is 3.64. The second-order valence-corrected chi connectivity index (χ2v) is 9.86. The highest BCUT2D eigenvalue weighted by atomic mass is 32.2. The molecule has 1 aromatic heterocycles. The molecule has 168 valence electrons. The van der Waals surface area contributed by atoms with Gasteiger partial charge in [-0.1, -0.05) is 42.5 Å². The van der Waals surface area contributed by atoms with Crippen molar-refractivity contribution in [3.63, 3.8) is 0 Å². The van der Waals surface area contributed by atoms with E-state index in [2.05, 4.69) is 19.8 Å². The Balaban J connectivity index is 1.55.